The molecule has 0 amide bonds. The predicted molar refractivity (Wildman–Crippen MR) is 66.2 cm³/mol. The number of hydrogen-bond donors (Lipinski definition) is 0. The molecule has 0 aliphatic carbocycles. The van der Waals surface area contributed by atoms with Crippen LogP contribution in [-0.2, 0) is 8.27 Å². The summed E-state index contributed by atoms with van der Waals surface area (Å²) in [6.07, 6.45) is 0. The summed E-state index contributed by atoms with van der Waals surface area (Å²) in [5.41, 5.74) is 4.96. The Morgan fingerprint density at radius 1 is 0.733 bits per heavy atom. The van der Waals surface area contributed by atoms with E-state index in [1.54, 1.807) is 0 Å². The SMILES string of the molecule is Cc1c(C)c(C)c(S(=O)(=O)Br)c(C)c1C. The zero-order valence-corrected chi connectivity index (χ0v) is 12.0. The van der Waals surface area contributed by atoms with Crippen LogP contribution in [0, 0.1) is 34.6 Å². The van der Waals surface area contributed by atoms with Crippen molar-refractivity contribution in [2.45, 2.75) is 39.5 Å². The second kappa shape index (κ2) is 3.91. The molecule has 0 aliphatic heterocycles. The largest absolute Gasteiger partial charge is 0.238 e. The molecule has 4 heteroatoms. The highest BCUT2D eigenvalue weighted by molar-refractivity contribution is 9.47. The first kappa shape index (κ1) is 12.7. The third-order valence-corrected chi connectivity index (χ3v) is 5.25. The summed E-state index contributed by atoms with van der Waals surface area (Å²) in [5.74, 6) is 0. The van der Waals surface area contributed by atoms with Crippen molar-refractivity contribution < 1.29 is 8.42 Å². The monoisotopic (exact) mass is 290 g/mol. The Kier molecular flexibility index (Phi) is 3.31. The van der Waals surface area contributed by atoms with Gasteiger partial charge in [0.15, 0.2) is 0 Å². The molecule has 15 heavy (non-hydrogen) atoms. The van der Waals surface area contributed by atoms with Crippen molar-refractivity contribution >= 4 is 23.1 Å². The van der Waals surface area contributed by atoms with E-state index in [1.165, 1.54) is 5.56 Å². The van der Waals surface area contributed by atoms with Crippen molar-refractivity contribution in [1.82, 2.24) is 0 Å². The molecule has 1 aromatic rings. The Hall–Kier alpha value is -0.350. The van der Waals surface area contributed by atoms with Gasteiger partial charge in [-0.1, -0.05) is 0 Å². The first-order valence-corrected chi connectivity index (χ1v) is 8.02. The highest BCUT2D eigenvalue weighted by Crippen LogP contribution is 2.32. The molecule has 0 saturated carbocycles. The predicted octanol–water partition coefficient (Wildman–Crippen LogP) is 3.31. The van der Waals surface area contributed by atoms with Crippen molar-refractivity contribution in [1.29, 1.82) is 0 Å². The molecule has 0 saturated heterocycles. The lowest BCUT2D eigenvalue weighted by Gasteiger charge is -2.16. The number of hydrogen-bond acceptors (Lipinski definition) is 2. The Balaban J connectivity index is 3.84. The fraction of sp³-hybridized carbons (Fsp3) is 0.455. The van der Waals surface area contributed by atoms with E-state index >= 15 is 0 Å². The topological polar surface area (TPSA) is 34.1 Å². The smallest absolute Gasteiger partial charge is 0.212 e. The molecule has 0 aliphatic rings. The van der Waals surface area contributed by atoms with Crippen molar-refractivity contribution in [3.05, 3.63) is 27.8 Å². The molecule has 1 rings (SSSR count). The van der Waals surface area contributed by atoms with E-state index in [1.807, 2.05) is 34.6 Å². The van der Waals surface area contributed by atoms with Gasteiger partial charge in [0.05, 0.1) is 19.7 Å². The molecule has 0 unspecified atom stereocenters. The van der Waals surface area contributed by atoms with Gasteiger partial charge in [-0.2, -0.15) is 0 Å². The van der Waals surface area contributed by atoms with E-state index in [2.05, 4.69) is 14.8 Å². The maximum Gasteiger partial charge on any atom is 0.238 e. The molecule has 0 bridgehead atoms. The molecule has 0 spiro atoms. The highest BCUT2D eigenvalue weighted by Gasteiger charge is 2.20. The average molecular weight is 291 g/mol. The Bertz CT molecular complexity index is 487. The van der Waals surface area contributed by atoms with Gasteiger partial charge in [0, 0.05) is 0 Å². The Labute approximate surface area is 98.8 Å². The summed E-state index contributed by atoms with van der Waals surface area (Å²) >= 11 is 2.75. The molecule has 0 fully saturated rings. The van der Waals surface area contributed by atoms with Crippen LogP contribution in [0.5, 0.6) is 0 Å². The van der Waals surface area contributed by atoms with Crippen LogP contribution in [0.3, 0.4) is 0 Å². The van der Waals surface area contributed by atoms with Crippen molar-refractivity contribution in [3.63, 3.8) is 0 Å². The van der Waals surface area contributed by atoms with E-state index in [-0.39, 0.29) is 0 Å². The van der Waals surface area contributed by atoms with Crippen molar-refractivity contribution in [2.75, 3.05) is 0 Å². The van der Waals surface area contributed by atoms with Crippen LogP contribution in [0.15, 0.2) is 4.90 Å². The first-order chi connectivity index (χ1) is 6.68. The maximum absolute atomic E-state index is 11.6. The van der Waals surface area contributed by atoms with Crippen LogP contribution in [0.1, 0.15) is 27.8 Å². The molecule has 1 aromatic carbocycles. The van der Waals surface area contributed by atoms with E-state index in [0.717, 1.165) is 22.3 Å². The zero-order valence-electron chi connectivity index (χ0n) is 9.60. The van der Waals surface area contributed by atoms with E-state index in [9.17, 15) is 8.42 Å². The lowest BCUT2D eigenvalue weighted by atomic mass is 9.95. The van der Waals surface area contributed by atoms with Crippen LogP contribution in [-0.4, -0.2) is 8.42 Å². The van der Waals surface area contributed by atoms with Gasteiger partial charge in [-0.25, -0.2) is 8.42 Å². The zero-order chi connectivity index (χ0) is 12.0. The van der Waals surface area contributed by atoms with E-state index < -0.39 is 8.27 Å². The minimum Gasteiger partial charge on any atom is -0.212 e. The van der Waals surface area contributed by atoms with Crippen LogP contribution >= 0.6 is 14.8 Å². The second-order valence-corrected chi connectivity index (χ2v) is 7.73. The fourth-order valence-corrected chi connectivity index (χ4v) is 4.33. The van der Waals surface area contributed by atoms with Gasteiger partial charge in [0.2, 0.25) is 8.27 Å². The summed E-state index contributed by atoms with van der Waals surface area (Å²) in [5, 5.41) is 0. The minimum atomic E-state index is -3.31. The van der Waals surface area contributed by atoms with Crippen LogP contribution in [0.2, 0.25) is 0 Å². The summed E-state index contributed by atoms with van der Waals surface area (Å²) < 4.78 is 23.2. The molecule has 0 heterocycles. The van der Waals surface area contributed by atoms with Gasteiger partial charge >= 0.3 is 0 Å². The highest BCUT2D eigenvalue weighted by atomic mass is 79.9. The molecular formula is C11H15BrO2S. The molecule has 0 atom stereocenters. The second-order valence-electron chi connectivity index (χ2n) is 3.89. The molecule has 0 aromatic heterocycles. The van der Waals surface area contributed by atoms with Gasteiger partial charge in [0.25, 0.3) is 0 Å². The molecule has 0 radical (unpaired) electrons. The average Bonchev–Trinajstić information content (AvgIpc) is 2.09. The molecular weight excluding hydrogens is 276 g/mol. The van der Waals surface area contributed by atoms with Gasteiger partial charge in [-0.15, -0.1) is 0 Å². The third kappa shape index (κ3) is 2.11. The lowest BCUT2D eigenvalue weighted by molar-refractivity contribution is 0.610. The number of halogens is 1. The summed E-state index contributed by atoms with van der Waals surface area (Å²) in [7, 11) is -3.31. The first-order valence-electron chi connectivity index (χ1n) is 4.69. The number of rotatable bonds is 1. The van der Waals surface area contributed by atoms with Crippen LogP contribution < -0.4 is 0 Å². The third-order valence-electron chi connectivity index (χ3n) is 3.18. The van der Waals surface area contributed by atoms with Crippen LogP contribution in [0.25, 0.3) is 0 Å². The molecule has 2 nitrogen and oxygen atoms in total. The Morgan fingerprint density at radius 2 is 1.00 bits per heavy atom. The van der Waals surface area contributed by atoms with Crippen molar-refractivity contribution in [3.8, 4) is 0 Å². The molecule has 84 valence electrons. The minimum absolute atomic E-state index is 0.420. The number of benzene rings is 1. The van der Waals surface area contributed by atoms with Gasteiger partial charge < -0.3 is 0 Å². The lowest BCUT2D eigenvalue weighted by Crippen LogP contribution is -2.04. The summed E-state index contributed by atoms with van der Waals surface area (Å²) in [6.45, 7) is 9.64. The fourth-order valence-electron chi connectivity index (χ4n) is 1.83. The standard InChI is InChI=1S/C11H15BrO2S/c1-6-7(2)9(4)11(15(12,13)14)10(5)8(6)3/h1-5H3. The van der Waals surface area contributed by atoms with E-state index in [0.29, 0.717) is 4.90 Å². The van der Waals surface area contributed by atoms with Gasteiger partial charge in [0.1, 0.15) is 0 Å². The van der Waals surface area contributed by atoms with Gasteiger partial charge in [-0.3, -0.25) is 0 Å². The van der Waals surface area contributed by atoms with Gasteiger partial charge in [-0.05, 0) is 62.4 Å². The summed E-state index contributed by atoms with van der Waals surface area (Å²) in [4.78, 5) is 0.420. The molecule has 0 N–H and O–H groups in total. The van der Waals surface area contributed by atoms with E-state index in [4.69, 9.17) is 0 Å². The maximum atomic E-state index is 11.6. The van der Waals surface area contributed by atoms with Crippen molar-refractivity contribution in [2.24, 2.45) is 0 Å². The summed E-state index contributed by atoms with van der Waals surface area (Å²) in [6, 6.07) is 0. The normalized spacial score (nSPS) is 11.9. The quantitative estimate of drug-likeness (QED) is 0.744. The van der Waals surface area contributed by atoms with Crippen LogP contribution in [0.4, 0.5) is 0 Å². The Morgan fingerprint density at radius 3 is 1.27 bits per heavy atom.